The summed E-state index contributed by atoms with van der Waals surface area (Å²) in [5.74, 6) is -0.553. The van der Waals surface area contributed by atoms with E-state index >= 15 is 0 Å². The summed E-state index contributed by atoms with van der Waals surface area (Å²) in [7, 11) is -2.39. The molecule has 2 amide bonds. The molecule has 10 heteroatoms. The zero-order valence-electron chi connectivity index (χ0n) is 16.6. The summed E-state index contributed by atoms with van der Waals surface area (Å²) in [6.45, 7) is 0.329. The number of hydrogen-bond acceptors (Lipinski definition) is 6. The van der Waals surface area contributed by atoms with Gasteiger partial charge in [-0.15, -0.1) is 0 Å². The molecule has 2 aromatic rings. The quantitative estimate of drug-likeness (QED) is 0.551. The van der Waals surface area contributed by atoms with E-state index in [0.29, 0.717) is 5.75 Å². The van der Waals surface area contributed by atoms with Gasteiger partial charge >= 0.3 is 0 Å². The molecule has 0 saturated heterocycles. The number of nitrogens with one attached hydrogen (secondary N) is 3. The molecule has 1 heterocycles. The van der Waals surface area contributed by atoms with Gasteiger partial charge in [-0.2, -0.15) is 0 Å². The van der Waals surface area contributed by atoms with E-state index in [4.69, 9.17) is 4.74 Å². The Hall–Kier alpha value is -3.11. The van der Waals surface area contributed by atoms with Crippen molar-refractivity contribution in [3.8, 4) is 5.75 Å². The van der Waals surface area contributed by atoms with Gasteiger partial charge in [-0.1, -0.05) is 18.2 Å². The van der Waals surface area contributed by atoms with Gasteiger partial charge in [0, 0.05) is 12.2 Å². The molecule has 9 nitrogen and oxygen atoms in total. The molecule has 0 aromatic heterocycles. The highest BCUT2D eigenvalue weighted by Gasteiger charge is 2.19. The van der Waals surface area contributed by atoms with Crippen LogP contribution in [0.4, 0.5) is 5.69 Å². The first-order valence-corrected chi connectivity index (χ1v) is 10.9. The second-order valence-electron chi connectivity index (χ2n) is 6.75. The van der Waals surface area contributed by atoms with E-state index in [1.165, 1.54) is 36.9 Å². The molecule has 0 fully saturated rings. The number of rotatable bonds is 7. The summed E-state index contributed by atoms with van der Waals surface area (Å²) in [6.07, 6.45) is 1.92. The summed E-state index contributed by atoms with van der Waals surface area (Å²) in [4.78, 5) is 26.1. The van der Waals surface area contributed by atoms with Crippen molar-refractivity contribution in [2.45, 2.75) is 17.7 Å². The van der Waals surface area contributed by atoms with Gasteiger partial charge in [0.15, 0.2) is 0 Å². The number of para-hydroxylation sites is 1. The van der Waals surface area contributed by atoms with Gasteiger partial charge in [0.2, 0.25) is 10.0 Å². The number of carbonyl (C=O) groups excluding carboxylic acids is 2. The van der Waals surface area contributed by atoms with E-state index in [2.05, 4.69) is 15.6 Å². The number of fused-ring (bicyclic) bond motifs is 1. The maximum Gasteiger partial charge on any atom is 0.257 e. The van der Waals surface area contributed by atoms with Gasteiger partial charge in [-0.25, -0.2) is 13.1 Å². The molecule has 3 rings (SSSR count). The van der Waals surface area contributed by atoms with Gasteiger partial charge in [-0.3, -0.25) is 20.4 Å². The molecule has 2 aromatic carbocycles. The summed E-state index contributed by atoms with van der Waals surface area (Å²) in [5.41, 5.74) is 6.75. The van der Waals surface area contributed by atoms with Crippen molar-refractivity contribution >= 4 is 27.5 Å². The second-order valence-corrected chi connectivity index (χ2v) is 8.52. The first-order valence-electron chi connectivity index (χ1n) is 9.43. The van der Waals surface area contributed by atoms with Gasteiger partial charge < -0.3 is 9.64 Å². The lowest BCUT2D eigenvalue weighted by Crippen LogP contribution is -2.49. The van der Waals surface area contributed by atoms with Crippen LogP contribution in [-0.2, 0) is 26.0 Å². The highest BCUT2D eigenvalue weighted by Crippen LogP contribution is 2.26. The number of aryl methyl sites for hydroxylation is 1. The molecule has 1 aliphatic heterocycles. The van der Waals surface area contributed by atoms with Crippen LogP contribution in [0, 0.1) is 0 Å². The van der Waals surface area contributed by atoms with Gasteiger partial charge in [0.1, 0.15) is 5.75 Å². The summed E-state index contributed by atoms with van der Waals surface area (Å²) in [6, 6.07) is 13.7. The van der Waals surface area contributed by atoms with Crippen LogP contribution in [-0.4, -0.2) is 47.0 Å². The number of hydrazine groups is 1. The molecule has 30 heavy (non-hydrogen) atoms. The zero-order chi connectivity index (χ0) is 21.6. The van der Waals surface area contributed by atoms with Crippen LogP contribution < -0.4 is 25.2 Å². The number of nitrogens with zero attached hydrogens (tertiary/aromatic N) is 1. The van der Waals surface area contributed by atoms with E-state index in [1.807, 2.05) is 29.2 Å². The van der Waals surface area contributed by atoms with Crippen LogP contribution >= 0.6 is 0 Å². The predicted molar refractivity (Wildman–Crippen MR) is 111 cm³/mol. The van der Waals surface area contributed by atoms with Crippen LogP contribution in [0.2, 0.25) is 0 Å². The predicted octanol–water partition coefficient (Wildman–Crippen LogP) is 0.574. The lowest BCUT2D eigenvalue weighted by Gasteiger charge is -2.30. The van der Waals surface area contributed by atoms with Crippen molar-refractivity contribution < 1.29 is 22.7 Å². The first-order chi connectivity index (χ1) is 14.4. The van der Waals surface area contributed by atoms with Crippen LogP contribution in [0.25, 0.3) is 0 Å². The third-order valence-electron chi connectivity index (χ3n) is 4.67. The molecule has 0 saturated carbocycles. The lowest BCUT2D eigenvalue weighted by molar-refractivity contribution is -0.127. The zero-order valence-corrected chi connectivity index (χ0v) is 17.4. The van der Waals surface area contributed by atoms with Crippen molar-refractivity contribution in [3.05, 3.63) is 54.1 Å². The number of benzene rings is 2. The van der Waals surface area contributed by atoms with Crippen LogP contribution in [0.3, 0.4) is 0 Å². The molecular formula is C20H24N4O5S. The molecule has 0 spiro atoms. The third kappa shape index (κ3) is 5.49. The normalized spacial score (nSPS) is 13.3. The van der Waals surface area contributed by atoms with E-state index < -0.39 is 28.4 Å². The highest BCUT2D eigenvalue weighted by molar-refractivity contribution is 7.89. The molecule has 0 aliphatic carbocycles. The molecule has 3 N–H and O–H groups in total. The number of amides is 2. The average molecular weight is 433 g/mol. The standard InChI is InChI=1S/C20H24N4O5S/c1-29-16-8-10-17(11-9-16)30(27,28)21-13-19(25)22-23-20(26)14-24-12-4-6-15-5-2-3-7-18(15)24/h2-3,5,7-11,21H,4,6,12-14H2,1H3,(H,22,25)(H,23,26). The van der Waals surface area contributed by atoms with Crippen molar-refractivity contribution in [2.24, 2.45) is 0 Å². The van der Waals surface area contributed by atoms with Gasteiger partial charge in [0.25, 0.3) is 11.8 Å². The van der Waals surface area contributed by atoms with Crippen molar-refractivity contribution in [1.82, 2.24) is 15.6 Å². The molecule has 0 radical (unpaired) electrons. The number of hydrogen-bond donors (Lipinski definition) is 3. The molecule has 160 valence electrons. The Bertz CT molecular complexity index is 1010. The Morgan fingerprint density at radius 3 is 2.47 bits per heavy atom. The first kappa shape index (κ1) is 21.6. The Morgan fingerprint density at radius 1 is 1.03 bits per heavy atom. The van der Waals surface area contributed by atoms with E-state index in [0.717, 1.165) is 25.1 Å². The Kier molecular flexibility index (Phi) is 6.91. The number of carbonyl (C=O) groups is 2. The topological polar surface area (TPSA) is 117 Å². The molecule has 0 atom stereocenters. The monoisotopic (exact) mass is 432 g/mol. The summed E-state index contributed by atoms with van der Waals surface area (Å²) >= 11 is 0. The highest BCUT2D eigenvalue weighted by atomic mass is 32.2. The fraction of sp³-hybridized carbons (Fsp3) is 0.300. The molecule has 1 aliphatic rings. The van der Waals surface area contributed by atoms with Gasteiger partial charge in [-0.05, 0) is 48.7 Å². The van der Waals surface area contributed by atoms with Crippen LogP contribution in [0.15, 0.2) is 53.4 Å². The molecule has 0 unspecified atom stereocenters. The number of methoxy groups -OCH3 is 1. The second kappa shape index (κ2) is 9.59. The minimum atomic E-state index is -3.86. The maximum absolute atomic E-state index is 12.2. The lowest BCUT2D eigenvalue weighted by atomic mass is 10.0. The fourth-order valence-electron chi connectivity index (χ4n) is 3.17. The Labute approximate surface area is 175 Å². The van der Waals surface area contributed by atoms with Crippen molar-refractivity contribution in [2.75, 3.05) is 31.6 Å². The number of sulfonamides is 1. The number of ether oxygens (including phenoxy) is 1. The number of anilines is 1. The van der Waals surface area contributed by atoms with Crippen molar-refractivity contribution in [1.29, 1.82) is 0 Å². The van der Waals surface area contributed by atoms with E-state index in [9.17, 15) is 18.0 Å². The molecule has 0 bridgehead atoms. The maximum atomic E-state index is 12.2. The average Bonchev–Trinajstić information content (AvgIpc) is 2.76. The van der Waals surface area contributed by atoms with Crippen LogP contribution in [0.1, 0.15) is 12.0 Å². The van der Waals surface area contributed by atoms with Crippen molar-refractivity contribution in [3.63, 3.8) is 0 Å². The minimum Gasteiger partial charge on any atom is -0.497 e. The summed E-state index contributed by atoms with van der Waals surface area (Å²) in [5, 5.41) is 0. The third-order valence-corrected chi connectivity index (χ3v) is 6.09. The van der Waals surface area contributed by atoms with Gasteiger partial charge in [0.05, 0.1) is 25.1 Å². The Balaban J connectivity index is 1.46. The van der Waals surface area contributed by atoms with E-state index in [-0.39, 0.29) is 11.4 Å². The molecular weight excluding hydrogens is 408 g/mol. The smallest absolute Gasteiger partial charge is 0.257 e. The Morgan fingerprint density at radius 2 is 1.73 bits per heavy atom. The SMILES string of the molecule is COc1ccc(S(=O)(=O)NCC(=O)NNC(=O)CN2CCCc3ccccc32)cc1. The van der Waals surface area contributed by atoms with E-state index in [1.54, 1.807) is 0 Å². The summed E-state index contributed by atoms with van der Waals surface area (Å²) < 4.78 is 31.6. The van der Waals surface area contributed by atoms with Crippen LogP contribution in [0.5, 0.6) is 5.75 Å². The largest absolute Gasteiger partial charge is 0.497 e. The minimum absolute atomic E-state index is 0.00361. The fourth-order valence-corrected chi connectivity index (χ4v) is 4.15.